The van der Waals surface area contributed by atoms with E-state index in [1.54, 1.807) is 0 Å². The zero-order valence-corrected chi connectivity index (χ0v) is 20.6. The van der Waals surface area contributed by atoms with Crippen LogP contribution < -0.4 is 21.0 Å². The van der Waals surface area contributed by atoms with E-state index in [-0.39, 0.29) is 12.0 Å². The van der Waals surface area contributed by atoms with E-state index in [2.05, 4.69) is 18.3 Å². The fourth-order valence-corrected chi connectivity index (χ4v) is 5.76. The van der Waals surface area contributed by atoms with E-state index >= 15 is 0 Å². The summed E-state index contributed by atoms with van der Waals surface area (Å²) in [5.41, 5.74) is -3.00. The van der Waals surface area contributed by atoms with Gasteiger partial charge in [-0.2, -0.15) is 0 Å². The summed E-state index contributed by atoms with van der Waals surface area (Å²) >= 11 is 0. The predicted molar refractivity (Wildman–Crippen MR) is 110 cm³/mol. The Bertz CT molecular complexity index is 1130. The van der Waals surface area contributed by atoms with Crippen LogP contribution in [-0.4, -0.2) is 67.8 Å². The van der Waals surface area contributed by atoms with Gasteiger partial charge in [-0.15, -0.1) is 0 Å². The largest absolute Gasteiger partial charge is 0.756 e. The fourth-order valence-electron chi connectivity index (χ4n) is 3.70. The van der Waals surface area contributed by atoms with Gasteiger partial charge in [0.25, 0.3) is 21.2 Å². The molecule has 200 valence electrons. The van der Waals surface area contributed by atoms with E-state index < -0.39 is 82.5 Å². The number of hydrogen-bond acceptors (Lipinski definition) is 14. The van der Waals surface area contributed by atoms with Gasteiger partial charge >= 0.3 is 5.69 Å². The molecular weight excluding hydrogens is 518 g/mol. The number of aryl methyl sites for hydroxylation is 1. The quantitative estimate of drug-likeness (QED) is 0.252. The van der Waals surface area contributed by atoms with Gasteiger partial charge in [0.05, 0.1) is 24.4 Å². The Morgan fingerprint density at radius 1 is 1.26 bits per heavy atom. The first kappa shape index (κ1) is 28.3. The summed E-state index contributed by atoms with van der Waals surface area (Å²) in [5.74, 6) is 0. The molecular formula is C17H26N2O14P2-2. The molecule has 18 heteroatoms. The third-order valence-corrected chi connectivity index (χ3v) is 8.09. The number of rotatable bonds is 8. The second-order valence-electron chi connectivity index (χ2n) is 8.57. The number of phosphoric acid groups is 2. The molecule has 3 rings (SSSR count). The van der Waals surface area contributed by atoms with Crippen molar-refractivity contribution in [2.75, 3.05) is 6.61 Å². The lowest BCUT2D eigenvalue weighted by Gasteiger charge is -2.43. The molecule has 2 aliphatic heterocycles. The van der Waals surface area contributed by atoms with Crippen LogP contribution in [0.2, 0.25) is 0 Å². The van der Waals surface area contributed by atoms with E-state index in [1.165, 1.54) is 27.0 Å². The van der Waals surface area contributed by atoms with Crippen LogP contribution in [0.25, 0.3) is 0 Å². The van der Waals surface area contributed by atoms with Crippen LogP contribution in [0.4, 0.5) is 0 Å². The SMILES string of the molecule is Cc1cn([C@H]2C[C@H](O)[C@@H](COP(=O)([O-])OP(=O)([O-])O[C@@H]3C[C@@](C)(O)[C@@H](O)[C@H](C)O3)O2)c(=O)[nH]c1=O. The molecule has 0 aromatic carbocycles. The lowest BCUT2D eigenvalue weighted by Crippen LogP contribution is -2.55. The summed E-state index contributed by atoms with van der Waals surface area (Å²) in [5, 5.41) is 30.1. The van der Waals surface area contributed by atoms with Crippen molar-refractivity contribution in [2.24, 2.45) is 0 Å². The Morgan fingerprint density at radius 3 is 2.54 bits per heavy atom. The van der Waals surface area contributed by atoms with Gasteiger partial charge in [0.2, 0.25) is 0 Å². The van der Waals surface area contributed by atoms with Crippen molar-refractivity contribution >= 4 is 15.6 Å². The maximum Gasteiger partial charge on any atom is 0.330 e. The summed E-state index contributed by atoms with van der Waals surface area (Å²) in [6, 6.07) is 0. The minimum Gasteiger partial charge on any atom is -0.756 e. The molecule has 2 unspecified atom stereocenters. The van der Waals surface area contributed by atoms with E-state index in [4.69, 9.17) is 9.47 Å². The molecule has 16 nitrogen and oxygen atoms in total. The first-order valence-corrected chi connectivity index (χ1v) is 13.3. The number of aromatic nitrogens is 2. The molecule has 35 heavy (non-hydrogen) atoms. The monoisotopic (exact) mass is 544 g/mol. The smallest absolute Gasteiger partial charge is 0.330 e. The fraction of sp³-hybridized carbons (Fsp3) is 0.765. The lowest BCUT2D eigenvalue weighted by molar-refractivity contribution is -0.285. The molecule has 3 heterocycles. The topological polar surface area (TPSA) is 242 Å². The number of aliphatic hydroxyl groups excluding tert-OH is 2. The maximum absolute atomic E-state index is 12.1. The summed E-state index contributed by atoms with van der Waals surface area (Å²) in [4.78, 5) is 49.7. The molecule has 0 saturated carbocycles. The van der Waals surface area contributed by atoms with Crippen molar-refractivity contribution in [3.05, 3.63) is 32.6 Å². The molecule has 9 atom stereocenters. The van der Waals surface area contributed by atoms with Gasteiger partial charge in [-0.1, -0.05) is 0 Å². The number of nitrogens with one attached hydrogen (secondary N) is 1. The molecule has 0 amide bonds. The second-order valence-corrected chi connectivity index (χ2v) is 11.5. The first-order chi connectivity index (χ1) is 16.0. The van der Waals surface area contributed by atoms with Gasteiger partial charge < -0.3 is 39.1 Å². The van der Waals surface area contributed by atoms with Crippen LogP contribution in [0.3, 0.4) is 0 Å². The minimum atomic E-state index is -5.59. The van der Waals surface area contributed by atoms with Gasteiger partial charge in [-0.05, 0) is 20.8 Å². The van der Waals surface area contributed by atoms with Gasteiger partial charge in [-0.25, -0.2) is 9.11 Å². The van der Waals surface area contributed by atoms with Crippen LogP contribution in [0.5, 0.6) is 0 Å². The number of H-pyrrole nitrogens is 1. The Balaban J connectivity index is 1.58. The Labute approximate surface area is 198 Å². The number of aromatic amines is 1. The molecule has 1 aromatic heterocycles. The highest BCUT2D eigenvalue weighted by Crippen LogP contribution is 2.57. The van der Waals surface area contributed by atoms with Crippen LogP contribution >= 0.6 is 15.6 Å². The van der Waals surface area contributed by atoms with Crippen LogP contribution in [-0.2, 0) is 32.0 Å². The molecule has 0 bridgehead atoms. The van der Waals surface area contributed by atoms with Crippen molar-refractivity contribution in [2.45, 2.75) is 76.1 Å². The molecule has 1 aromatic rings. The van der Waals surface area contributed by atoms with Crippen LogP contribution in [0.15, 0.2) is 15.8 Å². The number of hydrogen-bond donors (Lipinski definition) is 4. The van der Waals surface area contributed by atoms with E-state index in [9.17, 15) is 43.8 Å². The average Bonchev–Trinajstić information content (AvgIpc) is 3.06. The average molecular weight is 544 g/mol. The highest BCUT2D eigenvalue weighted by molar-refractivity contribution is 7.59. The van der Waals surface area contributed by atoms with Crippen molar-refractivity contribution in [1.29, 1.82) is 0 Å². The minimum absolute atomic E-state index is 0.157. The maximum atomic E-state index is 12.1. The summed E-state index contributed by atoms with van der Waals surface area (Å²) in [6.45, 7) is 3.13. The molecule has 2 saturated heterocycles. The van der Waals surface area contributed by atoms with E-state index in [0.717, 1.165) is 4.57 Å². The van der Waals surface area contributed by atoms with Gasteiger partial charge in [0.1, 0.15) is 18.4 Å². The van der Waals surface area contributed by atoms with Crippen molar-refractivity contribution in [3.63, 3.8) is 0 Å². The zero-order chi connectivity index (χ0) is 26.3. The van der Waals surface area contributed by atoms with Gasteiger partial charge in [0.15, 0.2) is 6.29 Å². The molecule has 4 N–H and O–H groups in total. The molecule has 2 fully saturated rings. The standard InChI is InChI=1S/C17H28N2O14P2/c1-8-6-19(16(23)18-15(8)22)12-4-10(20)11(31-12)7-29-34(25,26)33-35(27,28)32-13-5-17(3,24)14(21)9(2)30-13/h6,9-14,20-21,24H,4-5,7H2,1-3H3,(H,25,26)(H,27,28)(H,18,22,23)/p-2/t9-,10-,11+,12+,13+,14-,17+/m0/s1. The lowest BCUT2D eigenvalue weighted by atomic mass is 9.89. The Kier molecular flexibility index (Phi) is 8.29. The number of phosphoric ester groups is 2. The Morgan fingerprint density at radius 2 is 1.91 bits per heavy atom. The summed E-state index contributed by atoms with van der Waals surface area (Å²) in [6.07, 6.45) is -7.15. The van der Waals surface area contributed by atoms with E-state index in [0.29, 0.717) is 0 Å². The molecule has 0 aliphatic carbocycles. The van der Waals surface area contributed by atoms with Crippen LogP contribution in [0, 0.1) is 6.92 Å². The second kappa shape index (κ2) is 10.2. The van der Waals surface area contributed by atoms with Crippen molar-refractivity contribution in [3.8, 4) is 0 Å². The summed E-state index contributed by atoms with van der Waals surface area (Å²) in [7, 11) is -11.2. The summed E-state index contributed by atoms with van der Waals surface area (Å²) < 4.78 is 48.7. The van der Waals surface area contributed by atoms with E-state index in [1.807, 2.05) is 0 Å². The van der Waals surface area contributed by atoms with Crippen molar-refractivity contribution in [1.82, 2.24) is 9.55 Å². The number of aliphatic hydroxyl groups is 3. The van der Waals surface area contributed by atoms with Gasteiger partial charge in [-0.3, -0.25) is 28.0 Å². The molecule has 2 aliphatic rings. The normalized spacial score (nSPS) is 37.0. The third-order valence-electron chi connectivity index (χ3n) is 5.53. The zero-order valence-electron chi connectivity index (χ0n) is 18.8. The first-order valence-electron chi connectivity index (χ1n) is 10.4. The van der Waals surface area contributed by atoms with Crippen LogP contribution in [0.1, 0.15) is 38.5 Å². The van der Waals surface area contributed by atoms with Crippen molar-refractivity contribution < 1.29 is 57.1 Å². The predicted octanol–water partition coefficient (Wildman–Crippen LogP) is -2.27. The number of nitrogens with zero attached hydrogens (tertiary/aromatic N) is 1. The Hall–Kier alpha value is -1.26. The van der Waals surface area contributed by atoms with Gasteiger partial charge in [0, 0.05) is 24.6 Å². The highest BCUT2D eigenvalue weighted by atomic mass is 31.3. The molecule has 0 radical (unpaired) electrons. The third kappa shape index (κ3) is 6.95. The molecule has 0 spiro atoms. The highest BCUT2D eigenvalue weighted by Gasteiger charge is 2.45. The number of ether oxygens (including phenoxy) is 2.